The number of nitrogens with zero attached hydrogens (tertiary/aromatic N) is 3. The topological polar surface area (TPSA) is 107 Å². The lowest BCUT2D eigenvalue weighted by Crippen LogP contribution is -2.58. The van der Waals surface area contributed by atoms with Crippen molar-refractivity contribution in [1.29, 1.82) is 0 Å². The zero-order valence-electron chi connectivity index (χ0n) is 17.5. The van der Waals surface area contributed by atoms with Gasteiger partial charge in [0.25, 0.3) is 0 Å². The van der Waals surface area contributed by atoms with Gasteiger partial charge < -0.3 is 18.9 Å². The molecule has 0 N–H and O–H groups in total. The number of imide groups is 1. The second-order valence-electron chi connectivity index (χ2n) is 6.48. The number of hydrogen-bond acceptors (Lipinski definition) is 7. The molecule has 4 amide bonds. The molecule has 1 fully saturated rings. The van der Waals surface area contributed by atoms with Crippen molar-refractivity contribution in [2.45, 2.75) is 6.17 Å². The highest BCUT2D eigenvalue weighted by molar-refractivity contribution is 6.09. The summed E-state index contributed by atoms with van der Waals surface area (Å²) in [6.45, 7) is -0.674. The molecule has 0 bridgehead atoms. The van der Waals surface area contributed by atoms with Crippen molar-refractivity contribution in [3.8, 4) is 23.0 Å². The Bertz CT molecular complexity index is 1020. The highest BCUT2D eigenvalue weighted by Gasteiger charge is 2.40. The second-order valence-corrected chi connectivity index (χ2v) is 6.48. The maximum absolute atomic E-state index is 14.7. The minimum atomic E-state index is -1.93. The number of alkyl halides is 1. The van der Waals surface area contributed by atoms with Crippen LogP contribution in [0.15, 0.2) is 53.5 Å². The van der Waals surface area contributed by atoms with E-state index in [1.54, 1.807) is 24.3 Å². The molecule has 3 rings (SSSR count). The molecule has 2 aromatic carbocycles. The summed E-state index contributed by atoms with van der Waals surface area (Å²) in [5.41, 5.74) is 0. The predicted octanol–water partition coefficient (Wildman–Crippen LogP) is 3.51. The van der Waals surface area contributed by atoms with Crippen molar-refractivity contribution in [2.24, 2.45) is 4.99 Å². The molecule has 11 heteroatoms. The maximum atomic E-state index is 14.7. The first kappa shape index (κ1) is 22.5. The first-order chi connectivity index (χ1) is 15.3. The van der Waals surface area contributed by atoms with E-state index in [2.05, 4.69) is 4.99 Å². The summed E-state index contributed by atoms with van der Waals surface area (Å²) in [5.74, 6) is 0.917. The van der Waals surface area contributed by atoms with Gasteiger partial charge in [0.1, 0.15) is 23.0 Å². The molecule has 1 heterocycles. The van der Waals surface area contributed by atoms with Crippen LogP contribution in [0.25, 0.3) is 0 Å². The molecule has 32 heavy (non-hydrogen) atoms. The number of rotatable bonds is 4. The van der Waals surface area contributed by atoms with Gasteiger partial charge in [-0.2, -0.15) is 4.99 Å². The lowest BCUT2D eigenvalue weighted by Gasteiger charge is -2.33. The standard InChI is InChI=1S/C21H20FN3O7/c1-24-18(23-19(26)31-15-8-4-13(29-2)5-9-15)17(22)12-25(20(24)27)21(28)32-16-10-6-14(30-3)7-11-16/h4-11,17H,12H2,1-3H3/b23-18-. The first-order valence-electron chi connectivity index (χ1n) is 9.32. The van der Waals surface area contributed by atoms with Gasteiger partial charge in [0, 0.05) is 7.05 Å². The molecule has 168 valence electrons. The zero-order valence-corrected chi connectivity index (χ0v) is 17.5. The van der Waals surface area contributed by atoms with Gasteiger partial charge in [-0.3, -0.25) is 4.90 Å². The molecule has 0 aliphatic carbocycles. The third-order valence-corrected chi connectivity index (χ3v) is 4.44. The monoisotopic (exact) mass is 445 g/mol. The number of amidine groups is 1. The Hall–Kier alpha value is -4.15. The molecule has 1 atom stereocenters. The van der Waals surface area contributed by atoms with Crippen LogP contribution in [0.1, 0.15) is 0 Å². The molecule has 1 aliphatic rings. The summed E-state index contributed by atoms with van der Waals surface area (Å²) in [6.07, 6.45) is -4.12. The van der Waals surface area contributed by atoms with E-state index in [1.807, 2.05) is 0 Å². The molecule has 1 aliphatic heterocycles. The Morgan fingerprint density at radius 2 is 1.38 bits per heavy atom. The largest absolute Gasteiger partial charge is 0.497 e. The molecule has 0 saturated carbocycles. The Balaban J connectivity index is 1.66. The van der Waals surface area contributed by atoms with Crippen LogP contribution in [-0.4, -0.2) is 67.8 Å². The van der Waals surface area contributed by atoms with Crippen molar-refractivity contribution in [3.63, 3.8) is 0 Å². The Morgan fingerprint density at radius 1 is 0.906 bits per heavy atom. The minimum Gasteiger partial charge on any atom is -0.497 e. The molecule has 1 saturated heterocycles. The minimum absolute atomic E-state index is 0.143. The van der Waals surface area contributed by atoms with E-state index in [-0.39, 0.29) is 11.5 Å². The van der Waals surface area contributed by atoms with E-state index < -0.39 is 36.8 Å². The molecule has 0 spiro atoms. The number of methoxy groups -OCH3 is 2. The number of benzene rings is 2. The van der Waals surface area contributed by atoms with Crippen LogP contribution in [0.3, 0.4) is 0 Å². The maximum Gasteiger partial charge on any atom is 0.440 e. The van der Waals surface area contributed by atoms with E-state index >= 15 is 0 Å². The number of hydrogen-bond donors (Lipinski definition) is 0. The first-order valence-corrected chi connectivity index (χ1v) is 9.32. The van der Waals surface area contributed by atoms with Crippen LogP contribution < -0.4 is 18.9 Å². The van der Waals surface area contributed by atoms with Crippen LogP contribution in [0.2, 0.25) is 0 Å². The lowest BCUT2D eigenvalue weighted by atomic mass is 10.2. The van der Waals surface area contributed by atoms with Gasteiger partial charge in [0.2, 0.25) is 0 Å². The average molecular weight is 445 g/mol. The number of ether oxygens (including phenoxy) is 4. The van der Waals surface area contributed by atoms with Gasteiger partial charge in [-0.25, -0.2) is 23.7 Å². The quantitative estimate of drug-likeness (QED) is 0.709. The number of amides is 4. The summed E-state index contributed by atoms with van der Waals surface area (Å²) in [5, 5.41) is 0. The fourth-order valence-corrected chi connectivity index (χ4v) is 2.77. The van der Waals surface area contributed by atoms with E-state index in [0.29, 0.717) is 16.4 Å². The smallest absolute Gasteiger partial charge is 0.440 e. The van der Waals surface area contributed by atoms with E-state index in [9.17, 15) is 18.8 Å². The third kappa shape index (κ3) is 5.12. The van der Waals surface area contributed by atoms with Crippen molar-refractivity contribution in [2.75, 3.05) is 27.8 Å². The van der Waals surface area contributed by atoms with Crippen molar-refractivity contribution >= 4 is 24.1 Å². The highest BCUT2D eigenvalue weighted by atomic mass is 19.1. The van der Waals surface area contributed by atoms with Crippen molar-refractivity contribution < 1.29 is 37.7 Å². The molecular weight excluding hydrogens is 425 g/mol. The Morgan fingerprint density at radius 3 is 1.88 bits per heavy atom. The summed E-state index contributed by atoms with van der Waals surface area (Å²) in [4.78, 5) is 41.9. The van der Waals surface area contributed by atoms with Gasteiger partial charge >= 0.3 is 18.2 Å². The zero-order chi connectivity index (χ0) is 23.3. The summed E-state index contributed by atoms with van der Waals surface area (Å²) in [6, 6.07) is 11.2. The fraction of sp³-hybridized carbons (Fsp3) is 0.238. The van der Waals surface area contributed by atoms with Gasteiger partial charge in [-0.15, -0.1) is 0 Å². The van der Waals surface area contributed by atoms with Crippen LogP contribution in [0.5, 0.6) is 23.0 Å². The molecule has 1 unspecified atom stereocenters. The molecule has 2 aromatic rings. The van der Waals surface area contributed by atoms with E-state index in [4.69, 9.17) is 18.9 Å². The van der Waals surface area contributed by atoms with Crippen molar-refractivity contribution in [3.05, 3.63) is 48.5 Å². The van der Waals surface area contributed by atoms with E-state index in [0.717, 1.165) is 4.90 Å². The van der Waals surface area contributed by atoms with Gasteiger partial charge in [0.05, 0.1) is 20.8 Å². The average Bonchev–Trinajstić information content (AvgIpc) is 2.80. The Labute approximate surface area is 182 Å². The van der Waals surface area contributed by atoms with Crippen LogP contribution in [-0.2, 0) is 0 Å². The van der Waals surface area contributed by atoms with Gasteiger partial charge in [-0.05, 0) is 48.5 Å². The highest BCUT2D eigenvalue weighted by Crippen LogP contribution is 2.21. The molecule has 10 nitrogen and oxygen atoms in total. The predicted molar refractivity (Wildman–Crippen MR) is 110 cm³/mol. The summed E-state index contributed by atoms with van der Waals surface area (Å²) < 4.78 is 34.8. The van der Waals surface area contributed by atoms with E-state index in [1.165, 1.54) is 45.5 Å². The van der Waals surface area contributed by atoms with Gasteiger partial charge in [-0.1, -0.05) is 0 Å². The second kappa shape index (κ2) is 9.77. The van der Waals surface area contributed by atoms with Crippen LogP contribution in [0.4, 0.5) is 18.8 Å². The normalized spacial score (nSPS) is 17.2. The van der Waals surface area contributed by atoms with Crippen LogP contribution in [0, 0.1) is 0 Å². The third-order valence-electron chi connectivity index (χ3n) is 4.44. The fourth-order valence-electron chi connectivity index (χ4n) is 2.77. The summed E-state index contributed by atoms with van der Waals surface area (Å²) in [7, 11) is 4.15. The lowest BCUT2D eigenvalue weighted by molar-refractivity contribution is 0.128. The number of urea groups is 1. The molecule has 0 radical (unpaired) electrons. The summed E-state index contributed by atoms with van der Waals surface area (Å²) >= 11 is 0. The number of aliphatic imine (C=N–C) groups is 1. The molecule has 0 aromatic heterocycles. The number of carbonyl (C=O) groups excluding carboxylic acids is 3. The van der Waals surface area contributed by atoms with Gasteiger partial charge in [0.15, 0.2) is 12.0 Å². The Kier molecular flexibility index (Phi) is 6.88. The van der Waals surface area contributed by atoms with Crippen LogP contribution >= 0.6 is 0 Å². The number of carbonyl (C=O) groups is 3. The van der Waals surface area contributed by atoms with Crippen molar-refractivity contribution in [1.82, 2.24) is 9.80 Å². The molecular formula is C21H20FN3O7. The number of halogens is 1. The SMILES string of the molecule is COc1ccc(OC(=O)/N=C2/C(F)CN(C(=O)Oc3ccc(OC)cc3)C(=O)N2C)cc1.